The largest absolute Gasteiger partial charge is 3.00 e. The summed E-state index contributed by atoms with van der Waals surface area (Å²) < 4.78 is 0. The number of carboxylic acid groups (broad SMARTS) is 12. The van der Waals surface area contributed by atoms with Gasteiger partial charge in [0.05, 0.1) is 0 Å². The van der Waals surface area contributed by atoms with Gasteiger partial charge in [-0.2, -0.15) is 0 Å². The molecule has 0 aromatic carbocycles. The van der Waals surface area contributed by atoms with E-state index in [9.17, 15) is 0 Å². The van der Waals surface area contributed by atoms with E-state index in [4.69, 9.17) is 130 Å². The molecule has 340 valence electrons. The van der Waals surface area contributed by atoms with Crippen LogP contribution in [0, 0.1) is 0 Å². The fourth-order valence-corrected chi connectivity index (χ4v) is 0.118. The number of carbonyl (C=O) groups is 12. The summed E-state index contributed by atoms with van der Waals surface area (Å²) in [6, 6.07) is 0. The van der Waals surface area contributed by atoms with Crippen molar-refractivity contribution in [2.24, 2.45) is 11.5 Å². The fraction of sp³-hybridized carbons (Fsp3) is 0.556. The van der Waals surface area contributed by atoms with Gasteiger partial charge in [-0.15, -0.1) is 0 Å². The summed E-state index contributed by atoms with van der Waals surface area (Å²) in [5, 5.41) is 107. The zero-order valence-corrected chi connectivity index (χ0v) is 36.9. The summed E-state index contributed by atoms with van der Waals surface area (Å²) in [5.74, 6) is -13.0. The van der Waals surface area contributed by atoms with Crippen LogP contribution in [0.15, 0.2) is 0 Å². The van der Waals surface area contributed by atoms with E-state index in [-0.39, 0.29) is 68.3 Å². The Hall–Kier alpha value is -4.36. The number of nitrogens with two attached hydrogens (primary N) is 2. The van der Waals surface area contributed by atoms with Crippen LogP contribution in [0.4, 0.5) is 0 Å². The average molecular weight is 1010 g/mol. The number of carbonyl (C=O) groups excluding carboxylic acids is 12. The Morgan fingerprint density at radius 2 is 0.281 bits per heavy atom. The van der Waals surface area contributed by atoms with Gasteiger partial charge >= 0.3 is 68.3 Å². The van der Waals surface area contributed by atoms with Crippen LogP contribution in [-0.4, -0.2) is 84.7 Å². The molecule has 0 spiro atoms. The van der Waals surface area contributed by atoms with Gasteiger partial charge in [0.2, 0.25) is 0 Å². The Balaban J connectivity index is -0.0000000202. The third kappa shape index (κ3) is 22800. The molecule has 0 aliphatic carbocycles. The van der Waals surface area contributed by atoms with E-state index < -0.39 is 71.6 Å². The minimum atomic E-state index is -1.08. The van der Waals surface area contributed by atoms with Crippen molar-refractivity contribution < 1.29 is 187 Å². The van der Waals surface area contributed by atoms with E-state index >= 15 is 0 Å². The van der Waals surface area contributed by atoms with Crippen molar-refractivity contribution >= 4 is 71.6 Å². The summed E-state index contributed by atoms with van der Waals surface area (Å²) in [6.07, 6.45) is 0.944. The summed E-state index contributed by atoms with van der Waals surface area (Å²) in [4.78, 5) is 107. The van der Waals surface area contributed by atoms with Gasteiger partial charge in [0.15, 0.2) is 0 Å². The van der Waals surface area contributed by atoms with Crippen LogP contribution in [0.1, 0.15) is 89.5 Å². The first-order valence-corrected chi connectivity index (χ1v) is 12.7. The van der Waals surface area contributed by atoms with Crippen molar-refractivity contribution in [1.82, 2.24) is 0 Å². The standard InChI is InChI=1S/C3H10N2.12C2H4O2.4Fe/c4-2-1-3-5;12*1-2(3)4;;;;/h1-5H2;12*1H3,(H,3,4);;;;/q;;;;;;;;;;;;;4*+3/p-12. The Morgan fingerprint density at radius 1 is 0.246 bits per heavy atom. The first-order chi connectivity index (χ1) is 23.2. The molecule has 0 aliphatic heterocycles. The van der Waals surface area contributed by atoms with Gasteiger partial charge in [-0.25, -0.2) is 0 Å². The summed E-state index contributed by atoms with van der Waals surface area (Å²) in [7, 11) is 0. The molecule has 0 atom stereocenters. The third-order valence-electron chi connectivity index (χ3n) is 0.408. The van der Waals surface area contributed by atoms with Gasteiger partial charge in [0.1, 0.15) is 0 Å². The SMILES string of the molecule is CC(=O)[O-].CC(=O)[O-].CC(=O)[O-].CC(=O)[O-].CC(=O)[O-].CC(=O)[O-].CC(=O)[O-].CC(=O)[O-].CC(=O)[O-].CC(=O)[O-].CC(=O)[O-].CC(=O)[O-].NCCCN.[Fe+3].[Fe+3].[Fe+3].[Fe+3]. The van der Waals surface area contributed by atoms with E-state index in [0.717, 1.165) is 103 Å². The molecule has 0 amide bonds. The van der Waals surface area contributed by atoms with Gasteiger partial charge in [-0.3, -0.25) is 0 Å². The van der Waals surface area contributed by atoms with Gasteiger partial charge in [-0.1, -0.05) is 0 Å². The molecule has 0 saturated carbocycles. The van der Waals surface area contributed by atoms with Crippen molar-refractivity contribution in [2.45, 2.75) is 89.5 Å². The normalized spacial score (nSPS) is 6.00. The maximum Gasteiger partial charge on any atom is 3.00 e. The number of aliphatic carboxylic acids is 12. The van der Waals surface area contributed by atoms with Crippen molar-refractivity contribution in [2.75, 3.05) is 13.1 Å². The molecule has 0 fully saturated rings. The first-order valence-electron chi connectivity index (χ1n) is 12.7. The van der Waals surface area contributed by atoms with Crippen LogP contribution in [-0.2, 0) is 126 Å². The Labute approximate surface area is 371 Å². The molecule has 0 heterocycles. The van der Waals surface area contributed by atoms with Crippen molar-refractivity contribution in [3.8, 4) is 0 Å². The minimum Gasteiger partial charge on any atom is -0.550 e. The van der Waals surface area contributed by atoms with Gasteiger partial charge in [-0.05, 0) is 103 Å². The second kappa shape index (κ2) is 110. The second-order valence-electron chi connectivity index (χ2n) is 6.83. The summed E-state index contributed by atoms with van der Waals surface area (Å²) >= 11 is 0. The third-order valence-corrected chi connectivity index (χ3v) is 0.408. The molecule has 0 aromatic heterocycles. The molecule has 30 heteroatoms. The Bertz CT molecular complexity index is 662. The molecule has 57 heavy (non-hydrogen) atoms. The quantitative estimate of drug-likeness (QED) is 0.243. The molecule has 4 N–H and O–H groups in total. The van der Waals surface area contributed by atoms with E-state index in [1.165, 1.54) is 0 Å². The maximum atomic E-state index is 8.89. The van der Waals surface area contributed by atoms with Crippen LogP contribution in [0.3, 0.4) is 0 Å². The first kappa shape index (κ1) is 111. The van der Waals surface area contributed by atoms with Crippen molar-refractivity contribution in [3.63, 3.8) is 0 Å². The Morgan fingerprint density at radius 3 is 0.281 bits per heavy atom. The average Bonchev–Trinajstić information content (AvgIpc) is 2.75. The molecular formula is C27H46Fe4N2O24. The number of hydrogen-bond donors (Lipinski definition) is 2. The van der Waals surface area contributed by atoms with Crippen LogP contribution in [0.5, 0.6) is 0 Å². The zero-order valence-electron chi connectivity index (χ0n) is 32.5. The van der Waals surface area contributed by atoms with Crippen LogP contribution < -0.4 is 72.7 Å². The zero-order chi connectivity index (χ0) is 47.0. The molecule has 0 rings (SSSR count). The van der Waals surface area contributed by atoms with Crippen molar-refractivity contribution in [1.29, 1.82) is 0 Å². The number of rotatable bonds is 2. The van der Waals surface area contributed by atoms with E-state index in [1.807, 2.05) is 0 Å². The van der Waals surface area contributed by atoms with Crippen LogP contribution in [0.25, 0.3) is 0 Å². The molecule has 0 bridgehead atoms. The Kier molecular flexibility index (Phi) is 214. The maximum absolute atomic E-state index is 8.89. The summed E-state index contributed by atoms with van der Waals surface area (Å²) in [6.45, 7) is 13.1. The van der Waals surface area contributed by atoms with Crippen molar-refractivity contribution in [3.05, 3.63) is 0 Å². The molecule has 26 nitrogen and oxygen atoms in total. The fourth-order valence-electron chi connectivity index (χ4n) is 0.118. The second-order valence-corrected chi connectivity index (χ2v) is 6.83. The minimum absolute atomic E-state index is 0. The summed E-state index contributed by atoms with van der Waals surface area (Å²) in [5.41, 5.74) is 10.1. The van der Waals surface area contributed by atoms with Crippen LogP contribution >= 0.6 is 0 Å². The van der Waals surface area contributed by atoms with E-state index in [2.05, 4.69) is 0 Å². The predicted octanol–water partition coefficient (Wildman–Crippen LogP) is -15.6. The number of carboxylic acids is 12. The molecule has 0 aromatic rings. The van der Waals surface area contributed by atoms with Gasteiger partial charge in [0, 0.05) is 71.6 Å². The smallest absolute Gasteiger partial charge is 0.550 e. The molecule has 0 aliphatic rings. The molecule has 0 unspecified atom stereocenters. The van der Waals surface area contributed by atoms with E-state index in [0.29, 0.717) is 0 Å². The van der Waals surface area contributed by atoms with Gasteiger partial charge < -0.3 is 130 Å². The monoisotopic (exact) mass is 1010 g/mol. The number of hydrogen-bond acceptors (Lipinski definition) is 26. The van der Waals surface area contributed by atoms with E-state index in [1.54, 1.807) is 0 Å². The molecule has 0 saturated heterocycles. The topological polar surface area (TPSA) is 534 Å². The molecular weight excluding hydrogens is 960 g/mol. The van der Waals surface area contributed by atoms with Gasteiger partial charge in [0.25, 0.3) is 0 Å². The molecule has 4 radical (unpaired) electrons. The van der Waals surface area contributed by atoms with Crippen LogP contribution in [0.2, 0.25) is 0 Å². The predicted molar refractivity (Wildman–Crippen MR) is 151 cm³/mol.